The number of rotatable bonds is 3. The second-order valence-electron chi connectivity index (χ2n) is 5.64. The number of benzene rings is 2. The van der Waals surface area contributed by atoms with Crippen LogP contribution in [0, 0.1) is 5.82 Å². The zero-order chi connectivity index (χ0) is 17.6. The molecule has 3 aromatic rings. The van der Waals surface area contributed by atoms with Gasteiger partial charge in [-0.3, -0.25) is 0 Å². The van der Waals surface area contributed by atoms with Crippen LogP contribution in [-0.2, 0) is 6.61 Å². The summed E-state index contributed by atoms with van der Waals surface area (Å²) in [6.07, 6.45) is 0. The van der Waals surface area contributed by atoms with Gasteiger partial charge in [0.1, 0.15) is 18.2 Å². The van der Waals surface area contributed by atoms with Crippen molar-refractivity contribution in [3.05, 3.63) is 41.7 Å². The zero-order valence-corrected chi connectivity index (χ0v) is 14.1. The second kappa shape index (κ2) is 5.81. The highest BCUT2D eigenvalue weighted by molar-refractivity contribution is 5.93. The number of nitrogens with zero attached hydrogens (tertiary/aromatic N) is 1. The molecule has 0 aliphatic carbocycles. The Balaban J connectivity index is 2.02. The van der Waals surface area contributed by atoms with Crippen LogP contribution in [-0.4, -0.2) is 26.3 Å². The Labute approximate surface area is 143 Å². The van der Waals surface area contributed by atoms with E-state index < -0.39 is 0 Å². The van der Waals surface area contributed by atoms with Crippen molar-refractivity contribution in [3.63, 3.8) is 0 Å². The molecule has 6 heteroatoms. The number of fused-ring (bicyclic) bond motifs is 4. The summed E-state index contributed by atoms with van der Waals surface area (Å²) in [5.41, 5.74) is 3.13. The molecule has 0 radical (unpaired) electrons. The van der Waals surface area contributed by atoms with Crippen LogP contribution in [0.25, 0.3) is 22.2 Å². The van der Waals surface area contributed by atoms with Crippen LogP contribution >= 0.6 is 0 Å². The van der Waals surface area contributed by atoms with Crippen molar-refractivity contribution in [1.82, 2.24) is 4.98 Å². The van der Waals surface area contributed by atoms with E-state index in [1.165, 1.54) is 12.1 Å². The third-order valence-electron chi connectivity index (χ3n) is 4.28. The lowest BCUT2D eigenvalue weighted by molar-refractivity contribution is 0.300. The fourth-order valence-corrected chi connectivity index (χ4v) is 3.14. The van der Waals surface area contributed by atoms with E-state index in [4.69, 9.17) is 23.9 Å². The quantitative estimate of drug-likeness (QED) is 0.722. The summed E-state index contributed by atoms with van der Waals surface area (Å²) >= 11 is 0. The van der Waals surface area contributed by atoms with Crippen LogP contribution in [0.3, 0.4) is 0 Å². The third-order valence-corrected chi connectivity index (χ3v) is 4.28. The molecule has 0 atom stereocenters. The lowest BCUT2D eigenvalue weighted by Gasteiger charge is -2.22. The molecule has 1 aromatic heterocycles. The van der Waals surface area contributed by atoms with Crippen molar-refractivity contribution < 1.29 is 23.3 Å². The molecule has 5 nitrogen and oxygen atoms in total. The summed E-state index contributed by atoms with van der Waals surface area (Å²) in [4.78, 5) is 4.76. The number of methoxy groups -OCH3 is 3. The topological polar surface area (TPSA) is 49.8 Å². The van der Waals surface area contributed by atoms with Gasteiger partial charge in [-0.25, -0.2) is 9.37 Å². The summed E-state index contributed by atoms with van der Waals surface area (Å²) in [6, 6.07) is 8.22. The molecule has 0 saturated heterocycles. The Bertz CT molecular complexity index is 987. The predicted octanol–water partition coefficient (Wildman–Crippen LogP) is 3.96. The van der Waals surface area contributed by atoms with E-state index in [0.29, 0.717) is 35.1 Å². The van der Waals surface area contributed by atoms with Gasteiger partial charge in [-0.2, -0.15) is 0 Å². The molecule has 25 heavy (non-hydrogen) atoms. The van der Waals surface area contributed by atoms with Crippen molar-refractivity contribution in [1.29, 1.82) is 0 Å². The molecular weight excluding hydrogens is 325 g/mol. The molecule has 1 aliphatic heterocycles. The van der Waals surface area contributed by atoms with Crippen LogP contribution in [0.15, 0.2) is 30.3 Å². The molecule has 0 unspecified atom stereocenters. The molecule has 2 aromatic carbocycles. The van der Waals surface area contributed by atoms with Gasteiger partial charge >= 0.3 is 0 Å². The Morgan fingerprint density at radius 2 is 1.80 bits per heavy atom. The molecular formula is C19H16FNO4. The highest BCUT2D eigenvalue weighted by atomic mass is 19.1. The maximum absolute atomic E-state index is 13.5. The van der Waals surface area contributed by atoms with E-state index >= 15 is 0 Å². The van der Waals surface area contributed by atoms with E-state index in [-0.39, 0.29) is 5.82 Å². The third kappa shape index (κ3) is 2.33. The van der Waals surface area contributed by atoms with Crippen LogP contribution < -0.4 is 18.9 Å². The Morgan fingerprint density at radius 3 is 2.52 bits per heavy atom. The van der Waals surface area contributed by atoms with Gasteiger partial charge in [0, 0.05) is 28.6 Å². The minimum absolute atomic E-state index is 0.312. The molecule has 1 aliphatic rings. The maximum Gasteiger partial charge on any atom is 0.204 e. The van der Waals surface area contributed by atoms with Gasteiger partial charge in [0.15, 0.2) is 11.5 Å². The summed E-state index contributed by atoms with van der Waals surface area (Å²) < 4.78 is 35.5. The minimum Gasteiger partial charge on any atom is -0.493 e. The van der Waals surface area contributed by atoms with E-state index in [0.717, 1.165) is 22.2 Å². The van der Waals surface area contributed by atoms with Gasteiger partial charge in [0.2, 0.25) is 5.75 Å². The van der Waals surface area contributed by atoms with Crippen molar-refractivity contribution in [2.45, 2.75) is 6.61 Å². The SMILES string of the molecule is COc1cc2nc3c(cc2c(OC)c1OC)COc1cc(F)ccc1-3. The normalized spacial score (nSPS) is 12.2. The summed E-state index contributed by atoms with van der Waals surface area (Å²) in [6.45, 7) is 0.312. The molecule has 128 valence electrons. The molecule has 0 bridgehead atoms. The van der Waals surface area contributed by atoms with Crippen LogP contribution in [0.4, 0.5) is 4.39 Å². The molecule has 0 saturated carbocycles. The lowest BCUT2D eigenvalue weighted by atomic mass is 10.00. The van der Waals surface area contributed by atoms with E-state index in [1.807, 2.05) is 6.07 Å². The number of aromatic nitrogens is 1. The molecule has 0 fully saturated rings. The highest BCUT2D eigenvalue weighted by Gasteiger charge is 2.23. The van der Waals surface area contributed by atoms with E-state index in [1.54, 1.807) is 33.5 Å². The van der Waals surface area contributed by atoms with Crippen LogP contribution in [0.1, 0.15) is 5.56 Å². The number of halogens is 1. The van der Waals surface area contributed by atoms with Crippen molar-refractivity contribution in [3.8, 4) is 34.3 Å². The average molecular weight is 341 g/mol. The number of hydrogen-bond acceptors (Lipinski definition) is 5. The maximum atomic E-state index is 13.5. The lowest BCUT2D eigenvalue weighted by Crippen LogP contribution is -2.08. The molecule has 4 rings (SSSR count). The van der Waals surface area contributed by atoms with Gasteiger partial charge in [-0.15, -0.1) is 0 Å². The number of pyridine rings is 1. The molecule has 2 heterocycles. The van der Waals surface area contributed by atoms with E-state index in [2.05, 4.69) is 0 Å². The van der Waals surface area contributed by atoms with Gasteiger partial charge in [-0.05, 0) is 18.2 Å². The first kappa shape index (κ1) is 15.5. The number of ether oxygens (including phenoxy) is 4. The molecule has 0 N–H and O–H groups in total. The Morgan fingerprint density at radius 1 is 1.00 bits per heavy atom. The van der Waals surface area contributed by atoms with Gasteiger partial charge < -0.3 is 18.9 Å². The van der Waals surface area contributed by atoms with Crippen molar-refractivity contribution >= 4 is 10.9 Å². The summed E-state index contributed by atoms with van der Waals surface area (Å²) in [5, 5.41) is 0.799. The van der Waals surface area contributed by atoms with Crippen LogP contribution in [0.5, 0.6) is 23.0 Å². The monoisotopic (exact) mass is 341 g/mol. The molecule has 0 spiro atoms. The minimum atomic E-state index is -0.337. The van der Waals surface area contributed by atoms with Gasteiger partial charge in [0.25, 0.3) is 0 Å². The van der Waals surface area contributed by atoms with Gasteiger partial charge in [-0.1, -0.05) is 0 Å². The predicted molar refractivity (Wildman–Crippen MR) is 91.1 cm³/mol. The van der Waals surface area contributed by atoms with Crippen LogP contribution in [0.2, 0.25) is 0 Å². The molecule has 0 amide bonds. The summed E-state index contributed by atoms with van der Waals surface area (Å²) in [5.74, 6) is 1.75. The Kier molecular flexibility index (Phi) is 3.60. The average Bonchev–Trinajstić information content (AvgIpc) is 2.64. The second-order valence-corrected chi connectivity index (χ2v) is 5.64. The van der Waals surface area contributed by atoms with E-state index in [9.17, 15) is 4.39 Å². The standard InChI is InChI=1S/C19H16FNO4/c1-22-16-8-14-13(18(23-2)19(16)24-3)6-10-9-25-15-7-11(20)4-5-12(15)17(10)21-14/h4-8H,9H2,1-3H3. The smallest absolute Gasteiger partial charge is 0.204 e. The number of hydrogen-bond donors (Lipinski definition) is 0. The fraction of sp³-hybridized carbons (Fsp3) is 0.211. The summed E-state index contributed by atoms with van der Waals surface area (Å²) in [7, 11) is 4.70. The Hall–Kier alpha value is -3.02. The zero-order valence-electron chi connectivity index (χ0n) is 14.1. The fourth-order valence-electron chi connectivity index (χ4n) is 3.14. The highest BCUT2D eigenvalue weighted by Crippen LogP contribution is 2.45. The first-order valence-electron chi connectivity index (χ1n) is 7.71. The van der Waals surface area contributed by atoms with Gasteiger partial charge in [0.05, 0.1) is 32.5 Å². The van der Waals surface area contributed by atoms with Crippen molar-refractivity contribution in [2.24, 2.45) is 0 Å². The van der Waals surface area contributed by atoms with Crippen molar-refractivity contribution in [2.75, 3.05) is 21.3 Å². The largest absolute Gasteiger partial charge is 0.493 e. The first-order valence-corrected chi connectivity index (χ1v) is 7.71. The first-order chi connectivity index (χ1) is 12.2.